The molecule has 0 rings (SSSR count). The first-order valence-electron chi connectivity index (χ1n) is 5.31. The Bertz CT molecular complexity index is 201. The molecule has 0 fully saturated rings. The molecule has 0 saturated heterocycles. The molecule has 0 aromatic rings. The van der Waals surface area contributed by atoms with Gasteiger partial charge in [-0.25, -0.2) is 0 Å². The predicted octanol–water partition coefficient (Wildman–Crippen LogP) is 3.60. The van der Waals surface area contributed by atoms with E-state index in [2.05, 4.69) is 38.4 Å². The van der Waals surface area contributed by atoms with Gasteiger partial charge in [0.05, 0.1) is 6.10 Å². The number of allylic oxidation sites excluding steroid dienone is 2. The first-order chi connectivity index (χ1) is 6.33. The zero-order valence-corrected chi connectivity index (χ0v) is 11.0. The monoisotopic (exact) mass is 212 g/mol. The molecule has 0 saturated carbocycles. The molecular formula is C12H24OSi. The molecule has 2 heteroatoms. The standard InChI is InChI=1S/C12H24OSi/c1-11(2)12(13)9-7-6-8-10-14(3,4)5/h6,8,12-13H,1,7,9-10H2,2-5H3. The highest BCUT2D eigenvalue weighted by atomic mass is 28.3. The van der Waals surface area contributed by atoms with Crippen LogP contribution in [0.1, 0.15) is 19.8 Å². The fraction of sp³-hybridized carbons (Fsp3) is 0.667. The lowest BCUT2D eigenvalue weighted by Crippen LogP contribution is -2.17. The Labute approximate surface area is 89.5 Å². The number of hydrogen-bond donors (Lipinski definition) is 1. The van der Waals surface area contributed by atoms with Gasteiger partial charge in [-0.15, -0.1) is 0 Å². The van der Waals surface area contributed by atoms with Gasteiger partial charge in [-0.2, -0.15) is 0 Å². The zero-order valence-electron chi connectivity index (χ0n) is 10.0. The van der Waals surface area contributed by atoms with E-state index in [4.69, 9.17) is 0 Å². The molecule has 1 atom stereocenters. The van der Waals surface area contributed by atoms with E-state index < -0.39 is 8.07 Å². The first-order valence-corrected chi connectivity index (χ1v) is 9.02. The van der Waals surface area contributed by atoms with E-state index in [0.29, 0.717) is 0 Å². The van der Waals surface area contributed by atoms with Crippen LogP contribution in [-0.4, -0.2) is 19.3 Å². The van der Waals surface area contributed by atoms with Gasteiger partial charge in [-0.1, -0.05) is 43.9 Å². The van der Waals surface area contributed by atoms with Crippen molar-refractivity contribution in [2.75, 3.05) is 0 Å². The highest BCUT2D eigenvalue weighted by molar-refractivity contribution is 6.76. The molecule has 0 aliphatic rings. The van der Waals surface area contributed by atoms with E-state index >= 15 is 0 Å². The van der Waals surface area contributed by atoms with Gasteiger partial charge >= 0.3 is 0 Å². The van der Waals surface area contributed by atoms with Crippen LogP contribution in [-0.2, 0) is 0 Å². The third kappa shape index (κ3) is 8.26. The second-order valence-corrected chi connectivity index (χ2v) is 10.7. The van der Waals surface area contributed by atoms with Gasteiger partial charge < -0.3 is 5.11 Å². The molecule has 82 valence electrons. The van der Waals surface area contributed by atoms with Crippen LogP contribution in [0.3, 0.4) is 0 Å². The number of hydrogen-bond acceptors (Lipinski definition) is 1. The average Bonchev–Trinajstić information content (AvgIpc) is 2.01. The normalized spacial score (nSPS) is 14.6. The fourth-order valence-corrected chi connectivity index (χ4v) is 1.93. The van der Waals surface area contributed by atoms with Crippen LogP contribution in [0.25, 0.3) is 0 Å². The first kappa shape index (κ1) is 13.7. The summed E-state index contributed by atoms with van der Waals surface area (Å²) in [5, 5.41) is 9.46. The van der Waals surface area contributed by atoms with E-state index in [1.165, 1.54) is 6.04 Å². The van der Waals surface area contributed by atoms with E-state index in [9.17, 15) is 5.11 Å². The van der Waals surface area contributed by atoms with Gasteiger partial charge in [-0.05, 0) is 25.8 Å². The Hall–Kier alpha value is -0.343. The molecule has 0 bridgehead atoms. The smallest absolute Gasteiger partial charge is 0.0747 e. The third-order valence-corrected chi connectivity index (χ3v) is 3.53. The van der Waals surface area contributed by atoms with Crippen molar-refractivity contribution in [1.82, 2.24) is 0 Å². The van der Waals surface area contributed by atoms with Crippen molar-refractivity contribution in [2.45, 2.75) is 51.6 Å². The van der Waals surface area contributed by atoms with Gasteiger partial charge in [0.25, 0.3) is 0 Å². The second kappa shape index (κ2) is 6.20. The summed E-state index contributed by atoms with van der Waals surface area (Å²) in [4.78, 5) is 0. The Balaban J connectivity index is 3.59. The lowest BCUT2D eigenvalue weighted by atomic mass is 10.1. The number of rotatable bonds is 6. The van der Waals surface area contributed by atoms with Crippen LogP contribution in [0.5, 0.6) is 0 Å². The highest BCUT2D eigenvalue weighted by Gasteiger charge is 2.09. The molecule has 0 spiro atoms. The molecule has 0 radical (unpaired) electrons. The average molecular weight is 212 g/mol. The maximum atomic E-state index is 9.46. The Morgan fingerprint density at radius 3 is 2.36 bits per heavy atom. The summed E-state index contributed by atoms with van der Waals surface area (Å²) >= 11 is 0. The zero-order chi connectivity index (χ0) is 11.2. The molecule has 14 heavy (non-hydrogen) atoms. The summed E-state index contributed by atoms with van der Waals surface area (Å²) in [5.74, 6) is 0. The molecule has 0 aliphatic heterocycles. The summed E-state index contributed by atoms with van der Waals surface area (Å²) in [5.41, 5.74) is 0.864. The summed E-state index contributed by atoms with van der Waals surface area (Å²) in [6.45, 7) is 12.7. The molecule has 0 aromatic heterocycles. The van der Waals surface area contributed by atoms with Crippen LogP contribution in [0.2, 0.25) is 25.7 Å². The minimum Gasteiger partial charge on any atom is -0.389 e. The maximum Gasteiger partial charge on any atom is 0.0747 e. The second-order valence-electron chi connectivity index (χ2n) is 5.18. The highest BCUT2D eigenvalue weighted by Crippen LogP contribution is 2.10. The van der Waals surface area contributed by atoms with E-state index in [-0.39, 0.29) is 6.10 Å². The van der Waals surface area contributed by atoms with Crippen LogP contribution in [0, 0.1) is 0 Å². The fourth-order valence-electron chi connectivity index (χ4n) is 1.06. The van der Waals surface area contributed by atoms with Crippen molar-refractivity contribution in [2.24, 2.45) is 0 Å². The van der Waals surface area contributed by atoms with Gasteiger partial charge in [0, 0.05) is 8.07 Å². The van der Waals surface area contributed by atoms with E-state index in [1.54, 1.807) is 0 Å². The summed E-state index contributed by atoms with van der Waals surface area (Å²) in [6, 6.07) is 1.23. The molecule has 1 unspecified atom stereocenters. The van der Waals surface area contributed by atoms with Crippen molar-refractivity contribution in [1.29, 1.82) is 0 Å². The molecule has 1 N–H and O–H groups in total. The van der Waals surface area contributed by atoms with Gasteiger partial charge in [0.1, 0.15) is 0 Å². The molecular weight excluding hydrogens is 188 g/mol. The topological polar surface area (TPSA) is 20.2 Å². The molecule has 0 amide bonds. The van der Waals surface area contributed by atoms with Crippen LogP contribution < -0.4 is 0 Å². The van der Waals surface area contributed by atoms with Crippen molar-refractivity contribution in [3.8, 4) is 0 Å². The largest absolute Gasteiger partial charge is 0.389 e. The minimum atomic E-state index is -0.923. The van der Waals surface area contributed by atoms with Crippen LogP contribution >= 0.6 is 0 Å². The SMILES string of the molecule is C=C(C)C(O)CCC=CC[Si](C)(C)C. The van der Waals surface area contributed by atoms with E-state index in [1.807, 2.05) is 6.92 Å². The predicted molar refractivity (Wildman–Crippen MR) is 67.3 cm³/mol. The minimum absolute atomic E-state index is 0.327. The van der Waals surface area contributed by atoms with Gasteiger partial charge in [0.2, 0.25) is 0 Å². The lowest BCUT2D eigenvalue weighted by Gasteiger charge is -2.12. The Kier molecular flexibility index (Phi) is 6.05. The molecule has 1 nitrogen and oxygen atoms in total. The summed E-state index contributed by atoms with van der Waals surface area (Å²) in [7, 11) is -0.923. The summed E-state index contributed by atoms with van der Waals surface area (Å²) in [6.07, 6.45) is 5.88. The van der Waals surface area contributed by atoms with Crippen LogP contribution in [0.15, 0.2) is 24.3 Å². The van der Waals surface area contributed by atoms with Crippen molar-refractivity contribution < 1.29 is 5.11 Å². The maximum absolute atomic E-state index is 9.46. The van der Waals surface area contributed by atoms with Crippen molar-refractivity contribution in [3.63, 3.8) is 0 Å². The van der Waals surface area contributed by atoms with Gasteiger partial charge in [-0.3, -0.25) is 0 Å². The Morgan fingerprint density at radius 1 is 1.36 bits per heavy atom. The molecule has 0 aliphatic carbocycles. The van der Waals surface area contributed by atoms with Gasteiger partial charge in [0.15, 0.2) is 0 Å². The third-order valence-electron chi connectivity index (χ3n) is 2.07. The van der Waals surface area contributed by atoms with E-state index in [0.717, 1.165) is 18.4 Å². The number of aliphatic hydroxyl groups excluding tert-OH is 1. The summed E-state index contributed by atoms with van der Waals surface area (Å²) < 4.78 is 0. The Morgan fingerprint density at radius 2 is 1.93 bits per heavy atom. The van der Waals surface area contributed by atoms with Crippen molar-refractivity contribution in [3.05, 3.63) is 24.3 Å². The van der Waals surface area contributed by atoms with Crippen LogP contribution in [0.4, 0.5) is 0 Å². The lowest BCUT2D eigenvalue weighted by molar-refractivity contribution is 0.202. The molecule has 0 aromatic carbocycles. The van der Waals surface area contributed by atoms with Crippen molar-refractivity contribution >= 4 is 8.07 Å². The molecule has 0 heterocycles. The quantitative estimate of drug-likeness (QED) is 0.527. The number of aliphatic hydroxyl groups is 1.